The Kier molecular flexibility index (Phi) is 3.43. The monoisotopic (exact) mass is 252 g/mol. The molecule has 4 heteroatoms. The molecule has 0 bridgehead atoms. The summed E-state index contributed by atoms with van der Waals surface area (Å²) in [5.41, 5.74) is 1.42. The molecule has 1 aromatic carbocycles. The lowest BCUT2D eigenvalue weighted by molar-refractivity contribution is 0.522. The summed E-state index contributed by atoms with van der Waals surface area (Å²) in [6.45, 7) is 6.13. The second kappa shape index (κ2) is 4.69. The molecule has 0 aliphatic carbocycles. The van der Waals surface area contributed by atoms with Crippen molar-refractivity contribution in [3.8, 4) is 0 Å². The largest absolute Gasteiger partial charge is 0.333 e. The first-order valence-electron chi connectivity index (χ1n) is 5.78. The highest BCUT2D eigenvalue weighted by atomic mass is 32.2. The number of rotatable bonds is 2. The molecule has 2 nitrogen and oxygen atoms in total. The van der Waals surface area contributed by atoms with Crippen LogP contribution < -0.4 is 5.32 Å². The summed E-state index contributed by atoms with van der Waals surface area (Å²) in [4.78, 5) is 4.60. The summed E-state index contributed by atoms with van der Waals surface area (Å²) in [6.07, 6.45) is 1.00. The molecule has 1 heterocycles. The fourth-order valence-corrected chi connectivity index (χ4v) is 2.80. The third-order valence-electron chi connectivity index (χ3n) is 3.02. The Morgan fingerprint density at radius 3 is 2.88 bits per heavy atom. The molecule has 0 saturated carbocycles. The van der Waals surface area contributed by atoms with Crippen LogP contribution in [0.25, 0.3) is 0 Å². The Labute approximate surface area is 106 Å². The van der Waals surface area contributed by atoms with Crippen LogP contribution in [-0.4, -0.2) is 16.5 Å². The van der Waals surface area contributed by atoms with Gasteiger partial charge >= 0.3 is 0 Å². The highest BCUT2D eigenvalue weighted by Crippen LogP contribution is 2.31. The lowest BCUT2D eigenvalue weighted by Crippen LogP contribution is -2.20. The van der Waals surface area contributed by atoms with Crippen LogP contribution in [0.5, 0.6) is 0 Å². The van der Waals surface area contributed by atoms with Crippen molar-refractivity contribution in [1.82, 2.24) is 0 Å². The van der Waals surface area contributed by atoms with Crippen LogP contribution in [0.4, 0.5) is 10.1 Å². The van der Waals surface area contributed by atoms with Crippen LogP contribution in [0.3, 0.4) is 0 Å². The summed E-state index contributed by atoms with van der Waals surface area (Å²) in [5.74, 6) is 0.734. The van der Waals surface area contributed by atoms with Gasteiger partial charge in [-0.1, -0.05) is 24.8 Å². The second-order valence-electron chi connectivity index (χ2n) is 4.66. The predicted octanol–water partition coefficient (Wildman–Crippen LogP) is 3.82. The lowest BCUT2D eigenvalue weighted by Gasteiger charge is -2.15. The zero-order chi connectivity index (χ0) is 12.5. The van der Waals surface area contributed by atoms with Crippen molar-refractivity contribution in [3.63, 3.8) is 0 Å². The maximum Gasteiger partial charge on any atom is 0.161 e. The predicted molar refractivity (Wildman–Crippen MR) is 73.3 cm³/mol. The molecule has 17 heavy (non-hydrogen) atoms. The van der Waals surface area contributed by atoms with E-state index in [9.17, 15) is 4.39 Å². The number of amidine groups is 1. The number of aliphatic imine (C=N–C) groups is 1. The van der Waals surface area contributed by atoms with Gasteiger partial charge in [-0.15, -0.1) is 0 Å². The van der Waals surface area contributed by atoms with Crippen LogP contribution in [-0.2, 0) is 0 Å². The Morgan fingerprint density at radius 1 is 1.53 bits per heavy atom. The minimum absolute atomic E-state index is 0.00578. The molecule has 0 radical (unpaired) electrons. The molecule has 1 unspecified atom stereocenters. The number of aryl methyl sites for hydroxylation is 1. The van der Waals surface area contributed by atoms with Crippen molar-refractivity contribution in [2.75, 3.05) is 11.1 Å². The average molecular weight is 252 g/mol. The Bertz CT molecular complexity index is 459. The van der Waals surface area contributed by atoms with Gasteiger partial charge < -0.3 is 5.32 Å². The number of nitrogens with one attached hydrogen (secondary N) is 1. The smallest absolute Gasteiger partial charge is 0.161 e. The fraction of sp³-hybridized carbons (Fsp3) is 0.462. The highest BCUT2D eigenvalue weighted by molar-refractivity contribution is 8.14. The normalized spacial score (nSPS) is 23.6. The maximum absolute atomic E-state index is 13.7. The molecule has 2 rings (SSSR count). The van der Waals surface area contributed by atoms with Crippen molar-refractivity contribution >= 4 is 22.6 Å². The number of nitrogens with zero attached hydrogens (tertiary/aromatic N) is 1. The van der Waals surface area contributed by atoms with E-state index in [1.807, 2.05) is 13.0 Å². The van der Waals surface area contributed by atoms with Gasteiger partial charge in [0.2, 0.25) is 0 Å². The second-order valence-corrected chi connectivity index (χ2v) is 5.63. The van der Waals surface area contributed by atoms with E-state index in [4.69, 9.17) is 0 Å². The van der Waals surface area contributed by atoms with E-state index in [0.29, 0.717) is 5.69 Å². The van der Waals surface area contributed by atoms with Gasteiger partial charge in [-0.2, -0.15) is 0 Å². The number of benzene rings is 1. The fourth-order valence-electron chi connectivity index (χ4n) is 1.62. The molecule has 1 atom stereocenters. The van der Waals surface area contributed by atoms with Crippen LogP contribution in [0.2, 0.25) is 0 Å². The van der Waals surface area contributed by atoms with Crippen molar-refractivity contribution in [1.29, 1.82) is 0 Å². The summed E-state index contributed by atoms with van der Waals surface area (Å²) >= 11 is 1.65. The maximum atomic E-state index is 13.7. The van der Waals surface area contributed by atoms with E-state index in [1.54, 1.807) is 17.8 Å². The highest BCUT2D eigenvalue weighted by Gasteiger charge is 2.28. The van der Waals surface area contributed by atoms with Crippen molar-refractivity contribution < 1.29 is 4.39 Å². The molecule has 92 valence electrons. The van der Waals surface area contributed by atoms with E-state index in [1.165, 1.54) is 6.07 Å². The molecule has 0 aromatic heterocycles. The molecule has 0 saturated heterocycles. The first-order chi connectivity index (χ1) is 8.02. The van der Waals surface area contributed by atoms with Crippen LogP contribution in [0, 0.1) is 12.7 Å². The van der Waals surface area contributed by atoms with E-state index in [2.05, 4.69) is 24.2 Å². The van der Waals surface area contributed by atoms with Crippen molar-refractivity contribution in [3.05, 3.63) is 29.6 Å². The first-order valence-corrected chi connectivity index (χ1v) is 6.77. The third kappa shape index (κ3) is 2.80. The summed E-state index contributed by atoms with van der Waals surface area (Å²) < 4.78 is 13.7. The van der Waals surface area contributed by atoms with Crippen LogP contribution >= 0.6 is 11.8 Å². The molecule has 1 aliphatic rings. The van der Waals surface area contributed by atoms with E-state index >= 15 is 0 Å². The zero-order valence-electron chi connectivity index (χ0n) is 10.4. The minimum Gasteiger partial charge on any atom is -0.333 e. The first kappa shape index (κ1) is 12.4. The van der Waals surface area contributed by atoms with Crippen LogP contribution in [0.1, 0.15) is 25.8 Å². The Morgan fingerprint density at radius 2 is 2.29 bits per heavy atom. The number of hydrogen-bond donors (Lipinski definition) is 1. The van der Waals surface area contributed by atoms with Gasteiger partial charge in [0.1, 0.15) is 5.82 Å². The standard InChI is InChI=1S/C13H17FN2S/c1-4-13(3)8-17-12(16-13)15-11-6-5-9(2)7-10(11)14/h5-7H,4,8H2,1-3H3,(H,15,16). The van der Waals surface area contributed by atoms with Gasteiger partial charge in [0.05, 0.1) is 11.2 Å². The molecule has 0 amide bonds. The van der Waals surface area contributed by atoms with E-state index in [-0.39, 0.29) is 11.4 Å². The number of thioether (sulfide) groups is 1. The molecule has 1 aromatic rings. The molecular weight excluding hydrogens is 235 g/mol. The van der Waals surface area contributed by atoms with Gasteiger partial charge in [0, 0.05) is 5.75 Å². The Balaban J connectivity index is 2.15. The molecule has 1 aliphatic heterocycles. The SMILES string of the molecule is CCC1(C)CSC(Nc2ccc(C)cc2F)=N1. The van der Waals surface area contributed by atoms with Gasteiger partial charge in [0.15, 0.2) is 5.17 Å². The van der Waals surface area contributed by atoms with Crippen LogP contribution in [0.15, 0.2) is 23.2 Å². The van der Waals surface area contributed by atoms with Gasteiger partial charge in [0.25, 0.3) is 0 Å². The lowest BCUT2D eigenvalue weighted by atomic mass is 10.0. The van der Waals surface area contributed by atoms with Crippen molar-refractivity contribution in [2.24, 2.45) is 4.99 Å². The third-order valence-corrected chi connectivity index (χ3v) is 4.25. The van der Waals surface area contributed by atoms with Gasteiger partial charge in [-0.3, -0.25) is 4.99 Å². The van der Waals surface area contributed by atoms with E-state index in [0.717, 1.165) is 22.9 Å². The number of hydrogen-bond acceptors (Lipinski definition) is 3. The quantitative estimate of drug-likeness (QED) is 0.865. The molecule has 0 fully saturated rings. The zero-order valence-corrected chi connectivity index (χ0v) is 11.2. The molecule has 0 spiro atoms. The number of anilines is 1. The van der Waals surface area contributed by atoms with E-state index < -0.39 is 0 Å². The summed E-state index contributed by atoms with van der Waals surface area (Å²) in [6, 6.07) is 5.18. The van der Waals surface area contributed by atoms with Gasteiger partial charge in [-0.05, 0) is 38.0 Å². The van der Waals surface area contributed by atoms with Gasteiger partial charge in [-0.25, -0.2) is 4.39 Å². The number of halogens is 1. The minimum atomic E-state index is -0.224. The molecule has 1 N–H and O–H groups in total. The summed E-state index contributed by atoms with van der Waals surface area (Å²) in [7, 11) is 0. The summed E-state index contributed by atoms with van der Waals surface area (Å²) in [5, 5.41) is 3.88. The topological polar surface area (TPSA) is 24.4 Å². The Hall–Kier alpha value is -1.03. The molecular formula is C13H17FN2S. The van der Waals surface area contributed by atoms with Crippen molar-refractivity contribution in [2.45, 2.75) is 32.7 Å². The average Bonchev–Trinajstić information content (AvgIpc) is 2.66.